The van der Waals surface area contributed by atoms with Gasteiger partial charge in [0.2, 0.25) is 29.6 Å². The Labute approximate surface area is 602 Å². The third-order valence-electron chi connectivity index (χ3n) is 18.4. The van der Waals surface area contributed by atoms with Gasteiger partial charge >= 0.3 is 0 Å². The second-order valence-electron chi connectivity index (χ2n) is 25.2. The third-order valence-corrected chi connectivity index (χ3v) is 18.4. The number of benzene rings is 6. The number of amides is 3. The van der Waals surface area contributed by atoms with Crippen molar-refractivity contribution in [3.63, 3.8) is 0 Å². The van der Waals surface area contributed by atoms with Crippen LogP contribution in [-0.4, -0.2) is 145 Å². The number of aromatic nitrogens is 9. The summed E-state index contributed by atoms with van der Waals surface area (Å²) in [5.41, 5.74) is 9.80. The molecule has 6 aromatic heterocycles. The lowest BCUT2D eigenvalue weighted by atomic mass is 10.1. The first-order valence-corrected chi connectivity index (χ1v) is 34.5. The van der Waals surface area contributed by atoms with E-state index in [1.807, 2.05) is 55.0 Å². The Bertz CT molecular complexity index is 5090. The Kier molecular flexibility index (Phi) is 21.6. The number of rotatable bonds is 20. The maximum absolute atomic E-state index is 14.7. The maximum atomic E-state index is 14.7. The number of aromatic hydroxyl groups is 3. The number of H-pyrrole nitrogens is 3. The van der Waals surface area contributed by atoms with Crippen molar-refractivity contribution >= 4 is 91.5 Å². The lowest BCUT2D eigenvalue weighted by Crippen LogP contribution is -2.26. The number of anilines is 7. The van der Waals surface area contributed by atoms with Gasteiger partial charge in [-0.3, -0.25) is 14.4 Å². The van der Waals surface area contributed by atoms with Gasteiger partial charge in [-0.05, 0) is 146 Å². The number of phenolic OH excluding ortho intramolecular Hbond substituents is 3. The van der Waals surface area contributed by atoms with Crippen LogP contribution < -0.4 is 56.2 Å². The Hall–Kier alpha value is -12.7. The monoisotopic (exact) mass is 1420 g/mol. The average molecular weight is 1420 g/mol. The van der Waals surface area contributed by atoms with Crippen LogP contribution in [0, 0.1) is 5.82 Å². The molecule has 28 heteroatoms. The van der Waals surface area contributed by atoms with Gasteiger partial charge in [-0.25, -0.2) is 4.39 Å². The number of carbonyl (C=O) groups excluding carboxylic acids is 3. The number of phenols is 3. The van der Waals surface area contributed by atoms with E-state index in [2.05, 4.69) is 67.1 Å². The highest BCUT2D eigenvalue weighted by Gasteiger charge is 2.27. The number of methoxy groups -OCH3 is 2. The molecule has 1 saturated heterocycles. The van der Waals surface area contributed by atoms with Gasteiger partial charge in [0, 0.05) is 92.0 Å². The quantitative estimate of drug-likeness (QED) is 0.0337. The lowest BCUT2D eigenvalue weighted by molar-refractivity contribution is 0.0244. The molecule has 3 aliphatic rings. The van der Waals surface area contributed by atoms with Crippen LogP contribution in [0.5, 0.6) is 40.5 Å². The molecule has 0 radical (unpaired) electrons. The summed E-state index contributed by atoms with van der Waals surface area (Å²) in [6.45, 7) is 1.27. The molecule has 1 aliphatic heterocycles. The van der Waals surface area contributed by atoms with Crippen molar-refractivity contribution in [2.24, 2.45) is 0 Å². The molecule has 3 fully saturated rings. The molecular formula is C77H79FN16O11. The first-order valence-electron chi connectivity index (χ1n) is 34.5. The van der Waals surface area contributed by atoms with Crippen molar-refractivity contribution in [3.05, 3.63) is 168 Å². The van der Waals surface area contributed by atoms with Crippen LogP contribution in [0.4, 0.5) is 45.1 Å². The largest absolute Gasteiger partial charge is 0.508 e. The molecule has 0 atom stereocenters. The van der Waals surface area contributed by atoms with Gasteiger partial charge in [-0.2, -0.15) is 29.9 Å². The van der Waals surface area contributed by atoms with Crippen molar-refractivity contribution in [1.29, 1.82) is 0 Å². The summed E-state index contributed by atoms with van der Waals surface area (Å²) >= 11 is 0. The summed E-state index contributed by atoms with van der Waals surface area (Å²) in [6.07, 6.45) is 15.8. The Morgan fingerprint density at radius 2 is 0.829 bits per heavy atom. The van der Waals surface area contributed by atoms with E-state index in [-0.39, 0.29) is 64.4 Å². The Morgan fingerprint density at radius 1 is 0.457 bits per heavy atom. The van der Waals surface area contributed by atoms with Crippen molar-refractivity contribution in [1.82, 2.24) is 60.8 Å². The van der Waals surface area contributed by atoms with Gasteiger partial charge < -0.3 is 91.2 Å². The number of halogens is 1. The van der Waals surface area contributed by atoms with E-state index in [0.717, 1.165) is 113 Å². The molecule has 27 nitrogen and oxygen atoms in total. The number of ether oxygens (including phenoxy) is 5. The molecule has 105 heavy (non-hydrogen) atoms. The van der Waals surface area contributed by atoms with Gasteiger partial charge in [-0.15, -0.1) is 0 Å². The first-order chi connectivity index (χ1) is 51.1. The summed E-state index contributed by atoms with van der Waals surface area (Å²) in [5, 5.41) is 52.1. The van der Waals surface area contributed by atoms with E-state index in [4.69, 9.17) is 38.6 Å². The van der Waals surface area contributed by atoms with Crippen LogP contribution in [-0.2, 0) is 4.74 Å². The predicted octanol–water partition coefficient (Wildman–Crippen LogP) is 13.7. The third kappa shape index (κ3) is 16.3. The summed E-state index contributed by atoms with van der Waals surface area (Å²) in [6, 6.07) is 35.7. The lowest BCUT2D eigenvalue weighted by Gasteiger charge is -2.23. The molecule has 0 unspecified atom stereocenters. The van der Waals surface area contributed by atoms with Crippen LogP contribution in [0.25, 0.3) is 66.5 Å². The Balaban J connectivity index is 0.000000140. The van der Waals surface area contributed by atoms with Crippen molar-refractivity contribution in [2.45, 2.75) is 82.5 Å². The van der Waals surface area contributed by atoms with Gasteiger partial charge in [0.1, 0.15) is 69.5 Å². The van der Waals surface area contributed by atoms with E-state index >= 15 is 0 Å². The van der Waals surface area contributed by atoms with Gasteiger partial charge in [0.15, 0.2) is 0 Å². The topological polar surface area (TPSA) is 367 Å². The molecular weight excluding hydrogens is 1340 g/mol. The molecule has 7 heterocycles. The highest BCUT2D eigenvalue weighted by atomic mass is 19.1. The molecule has 13 N–H and O–H groups in total. The highest BCUT2D eigenvalue weighted by Crippen LogP contribution is 2.42. The number of carbonyl (C=O) groups is 3. The average Bonchev–Trinajstić information content (AvgIpc) is 1.67. The van der Waals surface area contributed by atoms with Crippen LogP contribution in [0.15, 0.2) is 146 Å². The standard InChI is InChI=1S/C26H28N6O3.C26H27N5O5.C25H24FN5O3/c1-27-25(34)16-9-12-20(21(13-16)35-2)30-26-31-23-22(24(32-26)29-17-5-3-4-6-17)19(14-28-23)15-7-10-18(33)11-8-15;1-27-24(33)16-5-8-20(21(13-16)34-2)29-26-30-23-22(25(31-26)36-18-9-11-35-12-10-18)19(14-28-23)15-3-6-17(32)7-4-15;1-27-23(33)15-8-11-20(19(26)12-15)29-25-30-22-21(24(31-25)34-17-4-2-3-5-17)18(13-28-22)14-6-9-16(32)10-7-14/h7-14,17,33H,3-6H2,1-2H3,(H,27,34)(H3,28,29,30,31,32);3-8,13-14,18,32H,9-12H2,1-2H3,(H,27,33)(H2,28,29,30,31);6-13,17,32H,2-5H2,1H3,(H,27,33)(H2,28,29,30,31). The van der Waals surface area contributed by atoms with E-state index in [1.165, 1.54) is 39.1 Å². The SMILES string of the molecule is CNC(=O)c1ccc(Nc2nc(NC3CCCC3)c3c(-c4ccc(O)cc4)c[nH]c3n2)c(OC)c1.CNC(=O)c1ccc(Nc2nc(OC3CCCC3)c3c(-c4ccc(O)cc4)c[nH]c3n2)c(F)c1.CNC(=O)c1ccc(Nc2nc(OC3CCOCC3)c3c(-c4ccc(O)cc4)c[nH]c3n2)c(OC)c1. The normalized spacial score (nSPS) is 13.8. The van der Waals surface area contributed by atoms with Crippen LogP contribution >= 0.6 is 0 Å². The van der Waals surface area contributed by atoms with Crippen molar-refractivity contribution in [3.8, 4) is 73.9 Å². The minimum atomic E-state index is -0.598. The molecule has 6 aromatic carbocycles. The fourth-order valence-electron chi connectivity index (χ4n) is 12.9. The van der Waals surface area contributed by atoms with E-state index < -0.39 is 5.82 Å². The first kappa shape index (κ1) is 70.7. The number of hydrogen-bond donors (Lipinski definition) is 13. The second-order valence-corrected chi connectivity index (χ2v) is 25.2. The molecule has 3 amide bonds. The number of hydrogen-bond acceptors (Lipinski definition) is 21. The van der Waals surface area contributed by atoms with Gasteiger partial charge in [0.25, 0.3) is 17.7 Å². The van der Waals surface area contributed by atoms with Crippen LogP contribution in [0.2, 0.25) is 0 Å². The summed E-state index contributed by atoms with van der Waals surface area (Å²) < 4.78 is 43.8. The number of aromatic amines is 3. The molecule has 2 aliphatic carbocycles. The van der Waals surface area contributed by atoms with Crippen molar-refractivity contribution < 1.29 is 57.8 Å². The Morgan fingerprint density at radius 3 is 1.25 bits per heavy atom. The molecule has 12 aromatic rings. The zero-order valence-electron chi connectivity index (χ0n) is 58.2. The molecule has 540 valence electrons. The zero-order valence-corrected chi connectivity index (χ0v) is 58.2. The van der Waals surface area contributed by atoms with Crippen LogP contribution in [0.3, 0.4) is 0 Å². The summed E-state index contributed by atoms with van der Waals surface area (Å²) in [7, 11) is 7.75. The molecule has 0 bridgehead atoms. The summed E-state index contributed by atoms with van der Waals surface area (Å²) in [5.74, 6) is 2.69. The molecule has 15 rings (SSSR count). The second kappa shape index (κ2) is 32.1. The predicted molar refractivity (Wildman–Crippen MR) is 399 cm³/mol. The van der Waals surface area contributed by atoms with Gasteiger partial charge in [0.05, 0.1) is 60.7 Å². The summed E-state index contributed by atoms with van der Waals surface area (Å²) in [4.78, 5) is 73.5. The number of nitrogens with zero attached hydrogens (tertiary/aromatic N) is 6. The number of fused-ring (bicyclic) bond motifs is 3. The zero-order chi connectivity index (χ0) is 73.1. The fraction of sp³-hybridized carbons (Fsp3) is 0.260. The van der Waals surface area contributed by atoms with E-state index in [9.17, 15) is 34.1 Å². The number of nitrogens with one attached hydrogen (secondary N) is 10. The van der Waals surface area contributed by atoms with E-state index in [0.29, 0.717) is 93.9 Å². The minimum absolute atomic E-state index is 0.0337. The minimum Gasteiger partial charge on any atom is -0.508 e. The maximum Gasteiger partial charge on any atom is 0.251 e. The van der Waals surface area contributed by atoms with Crippen LogP contribution in [0.1, 0.15) is 95.3 Å². The highest BCUT2D eigenvalue weighted by molar-refractivity contribution is 6.03. The fourth-order valence-corrected chi connectivity index (χ4v) is 12.9. The van der Waals surface area contributed by atoms with Crippen molar-refractivity contribution in [2.75, 3.05) is 69.8 Å². The molecule has 0 spiro atoms. The molecule has 2 saturated carbocycles. The van der Waals surface area contributed by atoms with E-state index in [1.54, 1.807) is 94.0 Å². The smallest absolute Gasteiger partial charge is 0.251 e. The van der Waals surface area contributed by atoms with Gasteiger partial charge in [-0.1, -0.05) is 49.2 Å².